The summed E-state index contributed by atoms with van der Waals surface area (Å²) in [6, 6.07) is 6.57. The van der Waals surface area contributed by atoms with Gasteiger partial charge in [0.1, 0.15) is 46.1 Å². The summed E-state index contributed by atoms with van der Waals surface area (Å²) in [7, 11) is 4.48. The molecule has 0 aromatic heterocycles. The van der Waals surface area contributed by atoms with Crippen LogP contribution in [0.5, 0.6) is 5.75 Å². The van der Waals surface area contributed by atoms with Crippen LogP contribution < -0.4 is 31.3 Å². The number of carbonyl (C=O) groups is 8. The van der Waals surface area contributed by atoms with Gasteiger partial charge in [0.05, 0.1) is 49.8 Å². The van der Waals surface area contributed by atoms with E-state index in [9.17, 15) is 43.5 Å². The second-order valence-corrected chi connectivity index (χ2v) is 24.4. The number of nitrogens with two attached hydrogens (primary N) is 1. The van der Waals surface area contributed by atoms with Crippen LogP contribution in [0.3, 0.4) is 0 Å². The highest BCUT2D eigenvalue weighted by molar-refractivity contribution is 9.10. The highest BCUT2D eigenvalue weighted by Gasteiger charge is 2.64. The van der Waals surface area contributed by atoms with E-state index in [-0.39, 0.29) is 97.7 Å². The molecule has 464 valence electrons. The van der Waals surface area contributed by atoms with E-state index in [0.29, 0.717) is 66.4 Å². The second-order valence-electron chi connectivity index (χ2n) is 23.2. The van der Waals surface area contributed by atoms with E-state index in [1.165, 1.54) is 19.1 Å². The fourth-order valence-electron chi connectivity index (χ4n) is 11.0. The lowest BCUT2D eigenvalue weighted by molar-refractivity contribution is -0.187. The highest BCUT2D eigenvalue weighted by atomic mass is 79.9. The monoisotopic (exact) mass is 1260 g/mol. The lowest BCUT2D eigenvalue weighted by atomic mass is 9.78. The van der Waals surface area contributed by atoms with Gasteiger partial charge < -0.3 is 54.8 Å². The summed E-state index contributed by atoms with van der Waals surface area (Å²) in [5, 5.41) is 20.3. The van der Waals surface area contributed by atoms with E-state index in [0.717, 1.165) is 11.1 Å². The van der Waals surface area contributed by atoms with Gasteiger partial charge in [0, 0.05) is 68.4 Å². The van der Waals surface area contributed by atoms with Crippen molar-refractivity contribution in [2.45, 2.75) is 193 Å². The zero-order valence-corrected chi connectivity index (χ0v) is 52.8. The number of esters is 2. The number of hydrogen-bond donors (Lipinski definition) is 5. The van der Waals surface area contributed by atoms with Gasteiger partial charge >= 0.3 is 24.1 Å². The van der Waals surface area contributed by atoms with E-state index in [1.54, 1.807) is 63.4 Å². The van der Waals surface area contributed by atoms with Crippen molar-refractivity contribution in [1.29, 1.82) is 0 Å². The van der Waals surface area contributed by atoms with Gasteiger partial charge in [0.15, 0.2) is 5.78 Å². The Labute approximate surface area is 507 Å². The number of unbranched alkanes of at least 4 members (excludes halogenated alkanes) is 1. The third-order valence-electron chi connectivity index (χ3n) is 16.3. The number of hydrogen-bond acceptors (Lipinski definition) is 15. The Kier molecular flexibility index (Phi) is 25.8. The number of benzene rings is 2. The molecule has 2 aromatic carbocycles. The molecular formula is C62H87BrClN5O15. The molecule has 0 radical (unpaired) electrons. The first-order chi connectivity index (χ1) is 39.7. The van der Waals surface area contributed by atoms with Crippen LogP contribution in [-0.4, -0.2) is 128 Å². The molecule has 4 bridgehead atoms. The Hall–Kier alpha value is -5.87. The number of methoxy groups -OCH3 is 2. The normalized spacial score (nSPS) is 24.7. The van der Waals surface area contributed by atoms with E-state index >= 15 is 0 Å². The number of fused-ring (bicyclic) bond motifs is 5. The van der Waals surface area contributed by atoms with Gasteiger partial charge in [-0.05, 0) is 113 Å². The number of carbonyl (C=O) groups excluding carboxylic acids is 8. The maximum Gasteiger partial charge on any atom is 0.412 e. The molecule has 20 nitrogen and oxygen atoms in total. The van der Waals surface area contributed by atoms with Crippen molar-refractivity contribution in [3.8, 4) is 5.75 Å². The SMILES string of the molecule is CCC(CC)C(=O)OC(C)CCCCC(=O)C[C@H](C(=O)N[C@@H](CCCNC(N)=O)C(=O)Cc1ccc(NC(=O)O[C@H]2CC(=O)N(C)c3cc(cc(OC)c3Cl)C/C(C)=C/C=C/[C@@H](OC)[C@]3(O)CC(=O)O[C@@H](C3)[C@@H](C)[C@@H]3O[C@@]23C)cc1Br)C(C)C. The number of ketones is 2. The number of allylic oxidation sites excluding steroid dienone is 3. The number of anilines is 2. The van der Waals surface area contributed by atoms with Crippen molar-refractivity contribution < 1.29 is 71.9 Å². The first-order valence-electron chi connectivity index (χ1n) is 29.1. The van der Waals surface area contributed by atoms with Crippen LogP contribution in [0.25, 0.3) is 0 Å². The summed E-state index contributed by atoms with van der Waals surface area (Å²) in [4.78, 5) is 108. The number of nitrogens with zero attached hydrogens (tertiary/aromatic N) is 1. The average molecular weight is 1260 g/mol. The van der Waals surface area contributed by atoms with Crippen LogP contribution >= 0.6 is 27.5 Å². The Morgan fingerprint density at radius 1 is 1.01 bits per heavy atom. The fourth-order valence-corrected chi connectivity index (χ4v) is 11.9. The summed E-state index contributed by atoms with van der Waals surface area (Å²) >= 11 is 10.4. The molecule has 2 saturated heterocycles. The smallest absolute Gasteiger partial charge is 0.412 e. The van der Waals surface area contributed by atoms with Gasteiger partial charge in [-0.25, -0.2) is 9.59 Å². The largest absolute Gasteiger partial charge is 0.495 e. The van der Waals surface area contributed by atoms with Crippen LogP contribution in [0.15, 0.2) is 58.6 Å². The van der Waals surface area contributed by atoms with Crippen LogP contribution in [0, 0.1) is 23.7 Å². The van der Waals surface area contributed by atoms with Crippen molar-refractivity contribution in [2.24, 2.45) is 29.4 Å². The van der Waals surface area contributed by atoms with Gasteiger partial charge in [-0.3, -0.25) is 34.1 Å². The van der Waals surface area contributed by atoms with Crippen molar-refractivity contribution in [3.05, 3.63) is 74.8 Å². The molecule has 84 heavy (non-hydrogen) atoms. The second kappa shape index (κ2) is 31.5. The molecule has 1 unspecified atom stereocenters. The number of Topliss-reactive ketones (excluding diaryl/α,β-unsaturated/α-hetero) is 2. The van der Waals surface area contributed by atoms with E-state index in [4.69, 9.17) is 45.8 Å². The number of aliphatic hydroxyl groups is 1. The van der Waals surface area contributed by atoms with Gasteiger partial charge in [-0.15, -0.1) is 0 Å². The van der Waals surface area contributed by atoms with E-state index in [2.05, 4.69) is 31.9 Å². The van der Waals surface area contributed by atoms with E-state index in [1.807, 2.05) is 47.6 Å². The molecule has 2 aromatic rings. The van der Waals surface area contributed by atoms with Crippen molar-refractivity contribution in [2.75, 3.05) is 38.0 Å². The number of rotatable bonds is 25. The van der Waals surface area contributed by atoms with Crippen LogP contribution in [0.1, 0.15) is 144 Å². The van der Waals surface area contributed by atoms with Crippen molar-refractivity contribution >= 4 is 86.3 Å². The minimum atomic E-state index is -1.64. The molecule has 10 atom stereocenters. The third-order valence-corrected chi connectivity index (χ3v) is 17.5. The molecule has 3 aliphatic rings. The Bertz CT molecular complexity index is 2750. The Balaban J connectivity index is 1.32. The molecule has 0 saturated carbocycles. The predicted molar refractivity (Wildman–Crippen MR) is 321 cm³/mol. The number of amides is 5. The molecular weight excluding hydrogens is 1170 g/mol. The standard InChI is InChI=1S/C62H87BrClN5O15/c1-12-40(13-2)58(75)81-37(6)19-14-15-20-43(70)31-44(35(3)4)57(74)68-46(21-17-25-66-59(65)76)48(71)29-41-23-24-42(30-45(41)63)67-60(77)83-52-32-53(72)69(9)47-27-39(28-49(79-10)55(47)64)26-36(5)18-16-22-51(80-11)62(78)33-50(82-54(73)34-62)38(7)56-61(52,8)84-56/h16,18,22-24,27-28,30,35,37-38,40,44,46,50-52,56,78H,12-15,17,19-21,25-26,29,31-34H2,1-11H3,(H,67,77)(H,68,74)(H3,65,66,76)/b22-16+,36-18+/t37?,38-,44+,46+,50+,51-,52+,56+,61+,62-/m1/s1. The first-order valence-corrected chi connectivity index (χ1v) is 30.3. The summed E-state index contributed by atoms with van der Waals surface area (Å²) in [5.41, 5.74) is 5.15. The zero-order valence-electron chi connectivity index (χ0n) is 50.4. The van der Waals surface area contributed by atoms with Crippen LogP contribution in [0.4, 0.5) is 21.0 Å². The molecule has 3 aliphatic heterocycles. The molecule has 5 amide bonds. The molecule has 6 N–H and O–H groups in total. The van der Waals surface area contributed by atoms with E-state index < -0.39 is 83.4 Å². The highest BCUT2D eigenvalue weighted by Crippen LogP contribution is 2.50. The zero-order chi connectivity index (χ0) is 62.2. The average Bonchev–Trinajstić information content (AvgIpc) is 1.74. The minimum Gasteiger partial charge on any atom is -0.495 e. The number of ether oxygens (including phenoxy) is 6. The molecule has 5 rings (SSSR count). The maximum atomic E-state index is 14.5. The minimum absolute atomic E-state index is 0.00327. The summed E-state index contributed by atoms with van der Waals surface area (Å²) in [5.74, 6) is -3.56. The quantitative estimate of drug-likeness (QED) is 0.0268. The lowest BCUT2D eigenvalue weighted by Crippen LogP contribution is -2.53. The summed E-state index contributed by atoms with van der Waals surface area (Å²) < 4.78 is 35.7. The number of urea groups is 1. The topological polar surface area (TPSA) is 281 Å². The van der Waals surface area contributed by atoms with Crippen molar-refractivity contribution in [3.63, 3.8) is 0 Å². The van der Waals surface area contributed by atoms with Crippen molar-refractivity contribution in [1.82, 2.24) is 10.6 Å². The third kappa shape index (κ3) is 19.1. The Morgan fingerprint density at radius 2 is 1.73 bits per heavy atom. The number of epoxide rings is 1. The molecule has 2 fully saturated rings. The number of nitrogens with one attached hydrogen (secondary N) is 3. The van der Waals surface area contributed by atoms with Gasteiger partial charge in [0.25, 0.3) is 0 Å². The van der Waals surface area contributed by atoms with Gasteiger partial charge in [-0.1, -0.05) is 92.0 Å². The van der Waals surface area contributed by atoms with Gasteiger partial charge in [-0.2, -0.15) is 0 Å². The maximum absolute atomic E-state index is 14.5. The van der Waals surface area contributed by atoms with Crippen LogP contribution in [0.2, 0.25) is 5.02 Å². The molecule has 0 aliphatic carbocycles. The molecule has 22 heteroatoms. The molecule has 3 heterocycles. The fraction of sp³-hybridized carbons (Fsp3) is 0.613. The predicted octanol–water partition coefficient (Wildman–Crippen LogP) is 9.59. The summed E-state index contributed by atoms with van der Waals surface area (Å²) in [6.07, 6.45) is 3.89. The lowest BCUT2D eigenvalue weighted by Gasteiger charge is -2.41. The number of halogens is 2. The first kappa shape index (κ1) is 68.9. The van der Waals surface area contributed by atoms with Gasteiger partial charge in [0.2, 0.25) is 11.8 Å². The Morgan fingerprint density at radius 3 is 2.37 bits per heavy atom. The summed E-state index contributed by atoms with van der Waals surface area (Å²) in [6.45, 7) is 15.0. The molecule has 0 spiro atoms. The van der Waals surface area contributed by atoms with Crippen LogP contribution in [-0.2, 0) is 65.3 Å². The number of primary amides is 1.